The van der Waals surface area contributed by atoms with Crippen LogP contribution in [-0.4, -0.2) is 81.0 Å². The number of ether oxygens (including phenoxy) is 1. The summed E-state index contributed by atoms with van der Waals surface area (Å²) in [4.78, 5) is 48.8. The maximum atomic E-state index is 14.7. The minimum absolute atomic E-state index is 0.0712. The van der Waals surface area contributed by atoms with E-state index < -0.39 is 35.6 Å². The zero-order chi connectivity index (χ0) is 31.4. The lowest BCUT2D eigenvalue weighted by molar-refractivity contribution is -0.153. The molecule has 2 bridgehead atoms. The summed E-state index contributed by atoms with van der Waals surface area (Å²) < 4.78 is 6.73. The van der Waals surface area contributed by atoms with Gasteiger partial charge in [-0.1, -0.05) is 93.1 Å². The third kappa shape index (κ3) is 5.61. The van der Waals surface area contributed by atoms with Gasteiger partial charge in [-0.2, -0.15) is 0 Å². The van der Waals surface area contributed by atoms with Crippen LogP contribution in [0.3, 0.4) is 0 Å². The summed E-state index contributed by atoms with van der Waals surface area (Å²) in [5.74, 6) is -2.29. The van der Waals surface area contributed by atoms with Crippen LogP contribution in [0.2, 0.25) is 0 Å². The van der Waals surface area contributed by atoms with Crippen LogP contribution in [0.5, 0.6) is 0 Å². The van der Waals surface area contributed by atoms with Gasteiger partial charge in [0.05, 0.1) is 30.6 Å². The van der Waals surface area contributed by atoms with Crippen molar-refractivity contribution in [3.8, 4) is 0 Å². The van der Waals surface area contributed by atoms with Crippen molar-refractivity contribution in [3.63, 3.8) is 0 Å². The van der Waals surface area contributed by atoms with E-state index in [9.17, 15) is 19.5 Å². The van der Waals surface area contributed by atoms with E-state index in [1.807, 2.05) is 74.5 Å². The molecule has 8 nitrogen and oxygen atoms in total. The zero-order valence-electron chi connectivity index (χ0n) is 25.9. The molecule has 8 heteroatoms. The zero-order valence-corrected chi connectivity index (χ0v) is 25.9. The Labute approximate surface area is 261 Å². The smallest absolute Gasteiger partial charge is 0.249 e. The summed E-state index contributed by atoms with van der Waals surface area (Å²) >= 11 is 0. The van der Waals surface area contributed by atoms with Crippen molar-refractivity contribution in [1.29, 1.82) is 0 Å². The molecule has 3 amide bonds. The number of fused-ring (bicyclic) bond motifs is 1. The first-order valence-electron chi connectivity index (χ1n) is 15.8. The van der Waals surface area contributed by atoms with Gasteiger partial charge in [0, 0.05) is 26.2 Å². The second kappa shape index (κ2) is 13.5. The number of rotatable bonds is 14. The molecule has 0 aromatic heterocycles. The highest BCUT2D eigenvalue weighted by Crippen LogP contribution is 2.59. The van der Waals surface area contributed by atoms with Crippen molar-refractivity contribution in [2.45, 2.75) is 70.0 Å². The summed E-state index contributed by atoms with van der Waals surface area (Å²) in [6, 6.07) is 17.9. The van der Waals surface area contributed by atoms with Gasteiger partial charge in [-0.05, 0) is 29.9 Å². The topological polar surface area (TPSA) is 90.4 Å². The van der Waals surface area contributed by atoms with Gasteiger partial charge >= 0.3 is 0 Å². The molecule has 1 spiro atoms. The van der Waals surface area contributed by atoms with Crippen molar-refractivity contribution in [1.82, 2.24) is 14.7 Å². The quantitative estimate of drug-likeness (QED) is 0.329. The number of carbonyl (C=O) groups is 3. The third-order valence-corrected chi connectivity index (χ3v) is 9.86. The van der Waals surface area contributed by atoms with Crippen LogP contribution in [0, 0.1) is 17.8 Å². The summed E-state index contributed by atoms with van der Waals surface area (Å²) in [7, 11) is 0. The average molecular weight is 600 g/mol. The maximum Gasteiger partial charge on any atom is 0.249 e. The monoisotopic (exact) mass is 599 g/mol. The molecule has 0 radical (unpaired) electrons. The first kappa shape index (κ1) is 31.7. The van der Waals surface area contributed by atoms with Crippen LogP contribution in [0.4, 0.5) is 0 Å². The Morgan fingerprint density at radius 3 is 2.05 bits per heavy atom. The minimum Gasteiger partial charge on any atom is -0.394 e. The molecule has 0 aliphatic carbocycles. The molecule has 2 aromatic rings. The highest BCUT2D eigenvalue weighted by atomic mass is 16.5. The number of amides is 3. The van der Waals surface area contributed by atoms with Crippen LogP contribution in [-0.2, 0) is 32.2 Å². The van der Waals surface area contributed by atoms with Crippen molar-refractivity contribution >= 4 is 17.7 Å². The summed E-state index contributed by atoms with van der Waals surface area (Å²) in [6.45, 7) is 12.8. The second-order valence-corrected chi connectivity index (χ2v) is 12.4. The average Bonchev–Trinajstić information content (AvgIpc) is 3.69. The molecule has 2 unspecified atom stereocenters. The molecule has 3 heterocycles. The normalized spacial score (nSPS) is 26.6. The number of nitrogens with zero attached hydrogens (tertiary/aromatic N) is 3. The largest absolute Gasteiger partial charge is 0.394 e. The molecule has 5 rings (SSSR count). The van der Waals surface area contributed by atoms with E-state index in [4.69, 9.17) is 4.74 Å². The predicted molar refractivity (Wildman–Crippen MR) is 169 cm³/mol. The summed E-state index contributed by atoms with van der Waals surface area (Å²) in [6.07, 6.45) is 4.71. The number of benzene rings is 2. The van der Waals surface area contributed by atoms with Gasteiger partial charge in [-0.15, -0.1) is 13.2 Å². The fourth-order valence-corrected chi connectivity index (χ4v) is 7.59. The molecule has 7 atom stereocenters. The molecule has 44 heavy (non-hydrogen) atoms. The first-order chi connectivity index (χ1) is 21.3. The number of hydrogen-bond acceptors (Lipinski definition) is 5. The maximum absolute atomic E-state index is 14.7. The van der Waals surface area contributed by atoms with Crippen LogP contribution in [0.25, 0.3) is 0 Å². The Balaban J connectivity index is 1.55. The lowest BCUT2D eigenvalue weighted by Gasteiger charge is -2.41. The highest BCUT2D eigenvalue weighted by Gasteiger charge is 2.75. The third-order valence-electron chi connectivity index (χ3n) is 9.86. The van der Waals surface area contributed by atoms with Gasteiger partial charge < -0.3 is 24.5 Å². The Hall–Kier alpha value is -3.75. The lowest BCUT2D eigenvalue weighted by atomic mass is 9.70. The summed E-state index contributed by atoms with van der Waals surface area (Å²) in [5.41, 5.74) is 0.786. The van der Waals surface area contributed by atoms with Gasteiger partial charge in [0.2, 0.25) is 17.7 Å². The first-order valence-corrected chi connectivity index (χ1v) is 15.8. The molecule has 3 aliphatic rings. The molecular weight excluding hydrogens is 554 g/mol. The van der Waals surface area contributed by atoms with Crippen molar-refractivity contribution in [3.05, 3.63) is 97.1 Å². The fourth-order valence-electron chi connectivity index (χ4n) is 7.59. The Morgan fingerprint density at radius 2 is 1.55 bits per heavy atom. The molecule has 3 fully saturated rings. The molecule has 3 aliphatic heterocycles. The minimum atomic E-state index is -1.15. The van der Waals surface area contributed by atoms with Crippen LogP contribution in [0.1, 0.15) is 44.2 Å². The standard InChI is InChI=1S/C36H45N3O5/c1-5-20-37(22-26-14-10-8-11-15-26)33(41)30-29-18-19-36(44-29)31(30)34(42)39(28(24-40)25(4)7-3)32(36)35(43)38(21-6-2)23-27-16-12-9-13-17-27/h5-6,8-17,25,28-32,40H,1-2,7,18-24H2,3-4H3/t25-,28-,29+,30-,31-,32?,36?/m0/s1. The second-order valence-electron chi connectivity index (χ2n) is 12.4. The van der Waals surface area contributed by atoms with E-state index in [1.165, 1.54) is 0 Å². The van der Waals surface area contributed by atoms with E-state index in [0.717, 1.165) is 11.1 Å². The number of carbonyl (C=O) groups excluding carboxylic acids is 3. The molecule has 2 aromatic carbocycles. The number of aliphatic hydroxyl groups excluding tert-OH is 1. The van der Waals surface area contributed by atoms with Gasteiger partial charge in [0.1, 0.15) is 11.6 Å². The SMILES string of the molecule is C=CCN(Cc1ccccc1)C(=O)C1N([C@@H](CO)[C@@H](C)CC)C(=O)[C@@H]2[C@@H](C(=O)N(CC=C)Cc3ccccc3)[C@H]3CCC12O3. The van der Waals surface area contributed by atoms with E-state index in [2.05, 4.69) is 13.2 Å². The fraction of sp³-hybridized carbons (Fsp3) is 0.472. The van der Waals surface area contributed by atoms with E-state index in [0.29, 0.717) is 38.9 Å². The lowest BCUT2D eigenvalue weighted by Crippen LogP contribution is -2.59. The molecular formula is C36H45N3O5. The number of hydrogen-bond donors (Lipinski definition) is 1. The van der Waals surface area contributed by atoms with E-state index >= 15 is 0 Å². The van der Waals surface area contributed by atoms with Crippen molar-refractivity contribution < 1.29 is 24.2 Å². The Morgan fingerprint density at radius 1 is 1.00 bits per heavy atom. The summed E-state index contributed by atoms with van der Waals surface area (Å²) in [5, 5.41) is 10.6. The van der Waals surface area contributed by atoms with Gasteiger partial charge in [0.25, 0.3) is 0 Å². The van der Waals surface area contributed by atoms with Crippen molar-refractivity contribution in [2.24, 2.45) is 17.8 Å². The molecule has 234 valence electrons. The van der Waals surface area contributed by atoms with E-state index in [1.54, 1.807) is 26.9 Å². The van der Waals surface area contributed by atoms with Gasteiger partial charge in [0.15, 0.2) is 0 Å². The number of likely N-dealkylation sites (tertiary alicyclic amines) is 1. The predicted octanol–water partition coefficient (Wildman–Crippen LogP) is 4.20. The highest BCUT2D eigenvalue weighted by molar-refractivity contribution is 5.99. The van der Waals surface area contributed by atoms with Crippen LogP contribution < -0.4 is 0 Å². The molecule has 1 N–H and O–H groups in total. The Kier molecular flexibility index (Phi) is 9.71. The van der Waals surface area contributed by atoms with E-state index in [-0.39, 0.29) is 36.8 Å². The van der Waals surface area contributed by atoms with Gasteiger partial charge in [-0.3, -0.25) is 14.4 Å². The van der Waals surface area contributed by atoms with Crippen LogP contribution >= 0.6 is 0 Å². The number of aliphatic hydroxyl groups is 1. The van der Waals surface area contributed by atoms with Gasteiger partial charge in [-0.25, -0.2) is 0 Å². The Bertz CT molecular complexity index is 1350. The molecule has 3 saturated heterocycles. The van der Waals surface area contributed by atoms with Crippen molar-refractivity contribution in [2.75, 3.05) is 19.7 Å². The van der Waals surface area contributed by atoms with Crippen LogP contribution in [0.15, 0.2) is 86.0 Å². The molecule has 0 saturated carbocycles.